The van der Waals surface area contributed by atoms with Gasteiger partial charge in [-0.3, -0.25) is 4.79 Å². The summed E-state index contributed by atoms with van der Waals surface area (Å²) >= 11 is 3.42. The van der Waals surface area contributed by atoms with Crippen LogP contribution in [-0.4, -0.2) is 15.9 Å². The molecule has 0 radical (unpaired) electrons. The van der Waals surface area contributed by atoms with Gasteiger partial charge in [0.25, 0.3) is 5.91 Å². The van der Waals surface area contributed by atoms with Crippen LogP contribution < -0.4 is 5.32 Å². The van der Waals surface area contributed by atoms with Gasteiger partial charge in [-0.15, -0.1) is 0 Å². The van der Waals surface area contributed by atoms with Gasteiger partial charge in [0.1, 0.15) is 11.2 Å². The van der Waals surface area contributed by atoms with Crippen molar-refractivity contribution in [3.05, 3.63) is 58.5 Å². The van der Waals surface area contributed by atoms with Crippen LogP contribution in [0.25, 0.3) is 22.0 Å². The van der Waals surface area contributed by atoms with Gasteiger partial charge in [0, 0.05) is 28.0 Å². The van der Waals surface area contributed by atoms with Gasteiger partial charge in [-0.05, 0) is 36.4 Å². The van der Waals surface area contributed by atoms with Gasteiger partial charge < -0.3 is 14.7 Å². The molecule has 114 valence electrons. The highest BCUT2D eigenvalue weighted by atomic mass is 79.9. The Hall–Kier alpha value is -2.60. The van der Waals surface area contributed by atoms with Crippen LogP contribution in [0.3, 0.4) is 0 Å². The number of benzene rings is 2. The zero-order chi connectivity index (χ0) is 16.0. The van der Waals surface area contributed by atoms with E-state index in [-0.39, 0.29) is 5.91 Å². The Labute approximate surface area is 139 Å². The highest BCUT2D eigenvalue weighted by Crippen LogP contribution is 2.22. The van der Waals surface area contributed by atoms with Crippen LogP contribution in [0.4, 0.5) is 5.69 Å². The first-order valence-electron chi connectivity index (χ1n) is 7.05. The Morgan fingerprint density at radius 3 is 2.96 bits per heavy atom. The number of rotatable bonds is 2. The van der Waals surface area contributed by atoms with E-state index in [4.69, 9.17) is 4.42 Å². The van der Waals surface area contributed by atoms with Crippen LogP contribution >= 0.6 is 15.9 Å². The van der Waals surface area contributed by atoms with Crippen molar-refractivity contribution in [1.82, 2.24) is 9.97 Å². The molecular formula is C17H12BrN3O2. The van der Waals surface area contributed by atoms with E-state index in [1.54, 1.807) is 25.1 Å². The molecule has 0 bridgehead atoms. The number of anilines is 1. The van der Waals surface area contributed by atoms with Crippen LogP contribution in [0.2, 0.25) is 0 Å². The number of hydrogen-bond acceptors (Lipinski definition) is 3. The third-order valence-electron chi connectivity index (χ3n) is 3.58. The fraction of sp³-hybridized carbons (Fsp3) is 0.0588. The fourth-order valence-corrected chi connectivity index (χ4v) is 2.90. The minimum atomic E-state index is -0.197. The molecule has 0 saturated carbocycles. The number of carbonyl (C=O) groups is 1. The van der Waals surface area contributed by atoms with Crippen molar-refractivity contribution in [2.75, 3.05) is 5.32 Å². The largest absolute Gasteiger partial charge is 0.441 e. The van der Waals surface area contributed by atoms with Crippen molar-refractivity contribution in [1.29, 1.82) is 0 Å². The Balaban J connectivity index is 1.64. The van der Waals surface area contributed by atoms with E-state index in [0.717, 1.165) is 20.9 Å². The van der Waals surface area contributed by atoms with Crippen LogP contribution in [0.15, 0.2) is 51.4 Å². The highest BCUT2D eigenvalue weighted by molar-refractivity contribution is 9.10. The van der Waals surface area contributed by atoms with E-state index in [9.17, 15) is 4.79 Å². The molecule has 2 aromatic heterocycles. The lowest BCUT2D eigenvalue weighted by molar-refractivity contribution is 0.102. The second-order valence-electron chi connectivity index (χ2n) is 5.28. The van der Waals surface area contributed by atoms with E-state index >= 15 is 0 Å². The predicted octanol–water partition coefficient (Wildman–Crippen LogP) is 4.63. The molecule has 2 heterocycles. The Kier molecular flexibility index (Phi) is 3.20. The lowest BCUT2D eigenvalue weighted by Gasteiger charge is -2.02. The summed E-state index contributed by atoms with van der Waals surface area (Å²) in [4.78, 5) is 19.8. The summed E-state index contributed by atoms with van der Waals surface area (Å²) in [6.07, 6.45) is 0. The molecule has 0 spiro atoms. The van der Waals surface area contributed by atoms with Gasteiger partial charge in [-0.2, -0.15) is 0 Å². The number of carbonyl (C=O) groups excluding carboxylic acids is 1. The summed E-state index contributed by atoms with van der Waals surface area (Å²) in [6.45, 7) is 1.79. The van der Waals surface area contributed by atoms with Crippen molar-refractivity contribution >= 4 is 49.5 Å². The maximum absolute atomic E-state index is 12.4. The van der Waals surface area contributed by atoms with Gasteiger partial charge in [0.15, 0.2) is 11.5 Å². The normalized spacial score (nSPS) is 11.2. The molecule has 0 fully saturated rings. The molecule has 0 saturated heterocycles. The minimum Gasteiger partial charge on any atom is -0.441 e. The van der Waals surface area contributed by atoms with Crippen molar-refractivity contribution in [2.24, 2.45) is 0 Å². The molecule has 2 aromatic carbocycles. The third kappa shape index (κ3) is 2.61. The summed E-state index contributed by atoms with van der Waals surface area (Å²) in [5.41, 5.74) is 3.52. The van der Waals surface area contributed by atoms with E-state index in [1.165, 1.54) is 0 Å². The maximum atomic E-state index is 12.4. The van der Waals surface area contributed by atoms with E-state index in [1.807, 2.05) is 24.3 Å². The predicted molar refractivity (Wildman–Crippen MR) is 92.7 cm³/mol. The molecule has 0 atom stereocenters. The second-order valence-corrected chi connectivity index (χ2v) is 6.20. The Morgan fingerprint density at radius 1 is 1.22 bits per heavy atom. The smallest absolute Gasteiger partial charge is 0.272 e. The number of aryl methyl sites for hydroxylation is 1. The lowest BCUT2D eigenvalue weighted by atomic mass is 10.2. The molecular weight excluding hydrogens is 358 g/mol. The third-order valence-corrected chi connectivity index (χ3v) is 4.07. The number of hydrogen-bond donors (Lipinski definition) is 2. The topological polar surface area (TPSA) is 70.9 Å². The monoisotopic (exact) mass is 369 g/mol. The Morgan fingerprint density at radius 2 is 2.09 bits per heavy atom. The van der Waals surface area contributed by atoms with E-state index < -0.39 is 0 Å². The number of aromatic amines is 1. The van der Waals surface area contributed by atoms with Crippen LogP contribution in [0, 0.1) is 6.92 Å². The first-order valence-corrected chi connectivity index (χ1v) is 7.84. The molecule has 4 aromatic rings. The molecule has 0 unspecified atom stereocenters. The number of fused-ring (bicyclic) bond motifs is 2. The molecule has 23 heavy (non-hydrogen) atoms. The number of nitrogens with zero attached hydrogens (tertiary/aromatic N) is 1. The number of aromatic nitrogens is 2. The lowest BCUT2D eigenvalue weighted by Crippen LogP contribution is -2.12. The average molecular weight is 370 g/mol. The quantitative estimate of drug-likeness (QED) is 0.540. The maximum Gasteiger partial charge on any atom is 0.272 e. The molecule has 1 amide bonds. The SMILES string of the molecule is Cc1nc2cc(NC(=O)c3cc4ccc(Br)cc4[nH]3)ccc2o1. The first-order chi connectivity index (χ1) is 11.1. The number of H-pyrrole nitrogens is 1. The van der Waals surface area contributed by atoms with Gasteiger partial charge in [-0.25, -0.2) is 4.98 Å². The standard InChI is InChI=1S/C17H12BrN3O2/c1-9-19-14-8-12(4-5-16(14)23-9)20-17(22)15-6-10-2-3-11(18)7-13(10)21-15/h2-8,21H,1H3,(H,20,22). The summed E-state index contributed by atoms with van der Waals surface area (Å²) in [5, 5.41) is 3.86. The molecule has 6 heteroatoms. The summed E-state index contributed by atoms with van der Waals surface area (Å²) < 4.78 is 6.39. The number of nitrogens with one attached hydrogen (secondary N) is 2. The van der Waals surface area contributed by atoms with Crippen molar-refractivity contribution in [3.8, 4) is 0 Å². The summed E-state index contributed by atoms with van der Waals surface area (Å²) in [6, 6.07) is 13.1. The van der Waals surface area contributed by atoms with Crippen LogP contribution in [0.5, 0.6) is 0 Å². The molecule has 0 aliphatic carbocycles. The zero-order valence-corrected chi connectivity index (χ0v) is 13.8. The van der Waals surface area contributed by atoms with Gasteiger partial charge >= 0.3 is 0 Å². The number of oxazole rings is 1. The second kappa shape index (κ2) is 5.24. The fourth-order valence-electron chi connectivity index (χ4n) is 2.54. The molecule has 5 nitrogen and oxygen atoms in total. The van der Waals surface area contributed by atoms with Gasteiger partial charge in [0.05, 0.1) is 0 Å². The molecule has 4 rings (SSSR count). The van der Waals surface area contributed by atoms with Gasteiger partial charge in [-0.1, -0.05) is 22.0 Å². The average Bonchev–Trinajstić information content (AvgIpc) is 3.08. The number of amides is 1. The molecule has 0 aliphatic rings. The highest BCUT2D eigenvalue weighted by Gasteiger charge is 2.11. The summed E-state index contributed by atoms with van der Waals surface area (Å²) in [5.74, 6) is 0.404. The number of halogens is 1. The zero-order valence-electron chi connectivity index (χ0n) is 12.2. The summed E-state index contributed by atoms with van der Waals surface area (Å²) in [7, 11) is 0. The van der Waals surface area contributed by atoms with Crippen molar-refractivity contribution < 1.29 is 9.21 Å². The van der Waals surface area contributed by atoms with E-state index in [2.05, 4.69) is 31.2 Å². The van der Waals surface area contributed by atoms with E-state index in [0.29, 0.717) is 22.9 Å². The Bertz CT molecular complexity index is 1050. The molecule has 0 aliphatic heterocycles. The van der Waals surface area contributed by atoms with Gasteiger partial charge in [0.2, 0.25) is 0 Å². The van der Waals surface area contributed by atoms with Crippen molar-refractivity contribution in [3.63, 3.8) is 0 Å². The first kappa shape index (κ1) is 14.0. The van der Waals surface area contributed by atoms with Crippen LogP contribution in [0.1, 0.15) is 16.4 Å². The van der Waals surface area contributed by atoms with Crippen LogP contribution in [-0.2, 0) is 0 Å². The van der Waals surface area contributed by atoms with Crippen molar-refractivity contribution in [2.45, 2.75) is 6.92 Å². The minimum absolute atomic E-state index is 0.197. The molecule has 2 N–H and O–H groups in total.